The van der Waals surface area contributed by atoms with Gasteiger partial charge in [0.2, 0.25) is 5.13 Å². The Balaban J connectivity index is 1.45. The zero-order valence-corrected chi connectivity index (χ0v) is 24.0. The Bertz CT molecular complexity index is 1620. The molecule has 0 radical (unpaired) electrons. The van der Waals surface area contributed by atoms with Crippen molar-refractivity contribution in [3.63, 3.8) is 0 Å². The van der Waals surface area contributed by atoms with Gasteiger partial charge in [-0.05, 0) is 47.0 Å². The molecule has 2 heterocycles. The first-order chi connectivity index (χ1) is 19.9. The number of amides is 1. The first kappa shape index (κ1) is 28.4. The first-order valence-electron chi connectivity index (χ1n) is 12.5. The molecule has 0 saturated heterocycles. The number of rotatable bonds is 11. The average molecular weight is 602 g/mol. The summed E-state index contributed by atoms with van der Waals surface area (Å²) in [7, 11) is 0. The van der Waals surface area contributed by atoms with Gasteiger partial charge in [0, 0.05) is 10.8 Å². The van der Waals surface area contributed by atoms with Crippen LogP contribution in [0.3, 0.4) is 0 Å². The summed E-state index contributed by atoms with van der Waals surface area (Å²) in [5, 5.41) is 20.4. The van der Waals surface area contributed by atoms with Crippen molar-refractivity contribution >= 4 is 57.6 Å². The highest BCUT2D eigenvalue weighted by Gasteiger charge is 2.45. The van der Waals surface area contributed by atoms with Gasteiger partial charge in [0.25, 0.3) is 5.91 Å². The lowest BCUT2D eigenvalue weighted by Gasteiger charge is -2.24. The Kier molecular flexibility index (Phi) is 8.98. The van der Waals surface area contributed by atoms with Crippen molar-refractivity contribution in [2.75, 3.05) is 11.5 Å². The van der Waals surface area contributed by atoms with Crippen LogP contribution < -0.4 is 9.64 Å². The minimum absolute atomic E-state index is 0.0347. The number of anilines is 1. The molecule has 1 aromatic heterocycles. The second-order valence-electron chi connectivity index (χ2n) is 8.88. The quantitative estimate of drug-likeness (QED) is 0.0839. The van der Waals surface area contributed by atoms with Crippen molar-refractivity contribution in [1.29, 1.82) is 0 Å². The van der Waals surface area contributed by atoms with Gasteiger partial charge in [-0.25, -0.2) is 0 Å². The van der Waals surface area contributed by atoms with E-state index in [1.807, 2.05) is 54.6 Å². The molecule has 0 aliphatic carbocycles. The molecule has 1 aliphatic heterocycles. The second kappa shape index (κ2) is 13.0. The number of nitrogens with zero attached hydrogens (tertiary/aromatic N) is 3. The van der Waals surface area contributed by atoms with E-state index in [4.69, 9.17) is 16.3 Å². The number of aromatic nitrogens is 2. The van der Waals surface area contributed by atoms with Crippen LogP contribution in [0.25, 0.3) is 6.08 Å². The number of ether oxygens (including phenoxy) is 1. The van der Waals surface area contributed by atoms with E-state index < -0.39 is 23.5 Å². The largest absolute Gasteiger partial charge is 0.503 e. The first-order valence-corrected chi connectivity index (χ1v) is 14.7. The molecule has 7 nitrogen and oxygen atoms in total. The van der Waals surface area contributed by atoms with Crippen LogP contribution >= 0.6 is 34.7 Å². The predicted molar refractivity (Wildman–Crippen MR) is 163 cm³/mol. The number of aliphatic hydroxyl groups is 1. The van der Waals surface area contributed by atoms with Crippen LogP contribution in [0, 0.1) is 0 Å². The van der Waals surface area contributed by atoms with Crippen molar-refractivity contribution < 1.29 is 19.4 Å². The Morgan fingerprint density at radius 3 is 2.51 bits per heavy atom. The lowest BCUT2D eigenvalue weighted by molar-refractivity contribution is -0.117. The van der Waals surface area contributed by atoms with Crippen LogP contribution in [0.5, 0.6) is 5.75 Å². The molecule has 1 N–H and O–H groups in total. The molecule has 0 spiro atoms. The molecular formula is C31H24ClN3O4S2. The van der Waals surface area contributed by atoms with Crippen molar-refractivity contribution in [2.24, 2.45) is 0 Å². The van der Waals surface area contributed by atoms with Gasteiger partial charge in [-0.15, -0.1) is 10.2 Å². The van der Waals surface area contributed by atoms with Crippen LogP contribution in [0.15, 0.2) is 113 Å². The van der Waals surface area contributed by atoms with E-state index in [-0.39, 0.29) is 10.7 Å². The highest BCUT2D eigenvalue weighted by atomic mass is 35.5. The lowest BCUT2D eigenvalue weighted by Crippen LogP contribution is -2.30. The molecule has 41 heavy (non-hydrogen) atoms. The number of allylic oxidation sites excluding steroid dienone is 1. The van der Waals surface area contributed by atoms with Crippen LogP contribution in [0.4, 0.5) is 5.13 Å². The predicted octanol–water partition coefficient (Wildman–Crippen LogP) is 7.23. The molecule has 1 atom stereocenters. The molecule has 0 bridgehead atoms. The average Bonchev–Trinajstić information content (AvgIpc) is 3.57. The van der Waals surface area contributed by atoms with Crippen molar-refractivity contribution in [3.8, 4) is 5.75 Å². The fourth-order valence-electron chi connectivity index (χ4n) is 4.18. The Labute approximate surface area is 250 Å². The summed E-state index contributed by atoms with van der Waals surface area (Å²) in [4.78, 5) is 28.2. The Hall–Kier alpha value is -4.18. The molecule has 0 saturated carbocycles. The smallest absolute Gasteiger partial charge is 0.296 e. The highest BCUT2D eigenvalue weighted by molar-refractivity contribution is 8.00. The molecule has 10 heteroatoms. The Morgan fingerprint density at radius 1 is 1.07 bits per heavy atom. The van der Waals surface area contributed by atoms with Gasteiger partial charge in [-0.3, -0.25) is 14.5 Å². The van der Waals surface area contributed by atoms with Gasteiger partial charge in [0.05, 0.1) is 11.6 Å². The van der Waals surface area contributed by atoms with E-state index in [1.165, 1.54) is 34.1 Å². The minimum Gasteiger partial charge on any atom is -0.503 e. The van der Waals surface area contributed by atoms with E-state index in [9.17, 15) is 14.7 Å². The third-order valence-electron chi connectivity index (χ3n) is 6.14. The van der Waals surface area contributed by atoms with Gasteiger partial charge < -0.3 is 9.84 Å². The summed E-state index contributed by atoms with van der Waals surface area (Å²) in [5.74, 6) is -0.584. The van der Waals surface area contributed by atoms with Gasteiger partial charge >= 0.3 is 0 Å². The highest BCUT2D eigenvalue weighted by Crippen LogP contribution is 2.43. The van der Waals surface area contributed by atoms with E-state index in [2.05, 4.69) is 16.8 Å². The SMILES string of the molecule is C=CCOc1ccc(C2C(C(=O)C=Cc3ccccc3)=C(O)C(=O)N2c2nnc(SCc3ccc(Cl)cc3)s2)cc1. The van der Waals surface area contributed by atoms with Crippen LogP contribution in [-0.2, 0) is 15.3 Å². The fraction of sp³-hybridized carbons (Fsp3) is 0.0968. The maximum Gasteiger partial charge on any atom is 0.296 e. The maximum atomic E-state index is 13.5. The standard InChI is InChI=1S/C31H24ClN3O4S2/c1-2-18-39-24-15-11-22(12-16-24)27-26(25(36)17-10-20-6-4-3-5-7-20)28(37)29(38)35(27)30-33-34-31(41-30)40-19-21-8-13-23(32)14-9-21/h2-17,27,37H,1,18-19H2. The summed E-state index contributed by atoms with van der Waals surface area (Å²) in [6.45, 7) is 3.99. The maximum absolute atomic E-state index is 13.5. The summed E-state index contributed by atoms with van der Waals surface area (Å²) >= 11 is 8.66. The van der Waals surface area contributed by atoms with E-state index >= 15 is 0 Å². The molecular weight excluding hydrogens is 578 g/mol. The number of halogens is 1. The number of ketones is 1. The summed E-state index contributed by atoms with van der Waals surface area (Å²) < 4.78 is 6.23. The fourth-order valence-corrected chi connectivity index (χ4v) is 6.13. The van der Waals surface area contributed by atoms with Crippen LogP contribution in [-0.4, -0.2) is 33.6 Å². The van der Waals surface area contributed by atoms with E-state index in [0.29, 0.717) is 33.0 Å². The van der Waals surface area contributed by atoms with Gasteiger partial charge in [-0.1, -0.05) is 108 Å². The van der Waals surface area contributed by atoms with Crippen LogP contribution in [0.2, 0.25) is 5.02 Å². The molecule has 1 amide bonds. The number of aliphatic hydroxyl groups excluding tert-OH is 1. The number of carbonyl (C=O) groups is 2. The molecule has 0 fully saturated rings. The summed E-state index contributed by atoms with van der Waals surface area (Å²) in [6, 6.07) is 22.9. The third-order valence-corrected chi connectivity index (χ3v) is 8.52. The van der Waals surface area contributed by atoms with Crippen molar-refractivity contribution in [2.45, 2.75) is 16.1 Å². The van der Waals surface area contributed by atoms with Gasteiger partial charge in [0.1, 0.15) is 12.4 Å². The minimum atomic E-state index is -0.911. The van der Waals surface area contributed by atoms with Crippen LogP contribution in [0.1, 0.15) is 22.7 Å². The number of benzene rings is 3. The lowest BCUT2D eigenvalue weighted by atomic mass is 9.95. The molecule has 1 aliphatic rings. The monoisotopic (exact) mass is 601 g/mol. The number of hydrogen-bond donors (Lipinski definition) is 1. The normalized spacial score (nSPS) is 15.1. The summed E-state index contributed by atoms with van der Waals surface area (Å²) in [6.07, 6.45) is 4.65. The zero-order valence-electron chi connectivity index (χ0n) is 21.6. The summed E-state index contributed by atoms with van der Waals surface area (Å²) in [5.41, 5.74) is 2.44. The second-order valence-corrected chi connectivity index (χ2v) is 11.5. The topological polar surface area (TPSA) is 92.6 Å². The molecule has 4 aromatic rings. The van der Waals surface area contributed by atoms with Crippen molar-refractivity contribution in [1.82, 2.24) is 10.2 Å². The van der Waals surface area contributed by atoms with Gasteiger partial charge in [-0.2, -0.15) is 0 Å². The molecule has 1 unspecified atom stereocenters. The molecule has 3 aromatic carbocycles. The van der Waals surface area contributed by atoms with Gasteiger partial charge in [0.15, 0.2) is 15.9 Å². The number of hydrogen-bond acceptors (Lipinski definition) is 8. The molecule has 5 rings (SSSR count). The third kappa shape index (κ3) is 6.59. The van der Waals surface area contributed by atoms with E-state index in [1.54, 1.807) is 36.4 Å². The van der Waals surface area contributed by atoms with Crippen molar-refractivity contribution in [3.05, 3.63) is 131 Å². The zero-order chi connectivity index (χ0) is 28.8. The molecule has 206 valence electrons. The number of thioether (sulfide) groups is 1. The number of carbonyl (C=O) groups excluding carboxylic acids is 2. The van der Waals surface area contributed by atoms with E-state index in [0.717, 1.165) is 11.1 Å². The Morgan fingerprint density at radius 2 is 1.80 bits per heavy atom.